The predicted molar refractivity (Wildman–Crippen MR) is 135 cm³/mol. The number of carbonyl (C=O) groups excluding carboxylic acids is 2. The van der Waals surface area contributed by atoms with Crippen molar-refractivity contribution in [1.82, 2.24) is 0 Å². The number of hydrogen-bond acceptors (Lipinski definition) is 2. The Balaban J connectivity index is 1.84. The third-order valence-electron chi connectivity index (χ3n) is 7.68. The highest BCUT2D eigenvalue weighted by Gasteiger charge is 2.50. The van der Waals surface area contributed by atoms with E-state index in [0.717, 1.165) is 35.1 Å². The summed E-state index contributed by atoms with van der Waals surface area (Å²) in [5, 5.41) is 0. The molecule has 0 fully saturated rings. The molecule has 0 N–H and O–H groups in total. The first-order valence-corrected chi connectivity index (χ1v) is 11.8. The molecule has 1 aliphatic carbocycles. The molecule has 0 amide bonds. The minimum Gasteiger partial charge on any atom is -0.295 e. The fraction of sp³-hybridized carbons (Fsp3) is 0.355. The summed E-state index contributed by atoms with van der Waals surface area (Å²) in [5.41, 5.74) is 5.91. The number of fused-ring (bicyclic) bond motifs is 1. The normalized spacial score (nSPS) is 22.1. The number of Topliss-reactive ketones (excluding diaryl/α,β-unsaturated/α-hetero) is 2. The second kappa shape index (κ2) is 8.09. The molecule has 0 bridgehead atoms. The van der Waals surface area contributed by atoms with Gasteiger partial charge >= 0.3 is 0 Å². The maximum Gasteiger partial charge on any atom is 0.160 e. The standard InChI is InChI=1S/C31H34O2/c1-21(32)23-13-7-9-15-25(23)29(3,4)19-30(5)20-31(6,28-18-12-11-17-27(28)30)26-16-10-8-14-24(26)22(2)33/h7-18H,19-20H2,1-6H3. The quantitative estimate of drug-likeness (QED) is 0.375. The molecule has 3 aromatic rings. The molecule has 2 heteroatoms. The molecular weight excluding hydrogens is 404 g/mol. The van der Waals surface area contributed by atoms with Gasteiger partial charge in [0, 0.05) is 16.5 Å². The van der Waals surface area contributed by atoms with Crippen LogP contribution in [0.5, 0.6) is 0 Å². The number of carbonyl (C=O) groups is 2. The van der Waals surface area contributed by atoms with Gasteiger partial charge in [-0.05, 0) is 59.8 Å². The summed E-state index contributed by atoms with van der Waals surface area (Å²) >= 11 is 0. The van der Waals surface area contributed by atoms with E-state index in [1.807, 2.05) is 36.4 Å². The first kappa shape index (κ1) is 23.2. The molecule has 0 heterocycles. The third kappa shape index (κ3) is 3.86. The van der Waals surface area contributed by atoms with E-state index in [0.29, 0.717) is 0 Å². The molecule has 0 saturated heterocycles. The molecule has 3 aromatic carbocycles. The molecule has 0 aliphatic heterocycles. The lowest BCUT2D eigenvalue weighted by Crippen LogP contribution is -2.34. The third-order valence-corrected chi connectivity index (χ3v) is 7.68. The van der Waals surface area contributed by atoms with E-state index in [2.05, 4.69) is 64.1 Å². The highest BCUT2D eigenvalue weighted by atomic mass is 16.1. The van der Waals surface area contributed by atoms with Gasteiger partial charge in [0.25, 0.3) is 0 Å². The topological polar surface area (TPSA) is 34.1 Å². The van der Waals surface area contributed by atoms with Gasteiger partial charge in [-0.3, -0.25) is 9.59 Å². The first-order valence-electron chi connectivity index (χ1n) is 11.8. The number of hydrogen-bond donors (Lipinski definition) is 0. The fourth-order valence-corrected chi connectivity index (χ4v) is 6.58. The molecule has 170 valence electrons. The second-order valence-corrected chi connectivity index (χ2v) is 10.9. The van der Waals surface area contributed by atoms with Crippen molar-refractivity contribution in [1.29, 1.82) is 0 Å². The highest BCUT2D eigenvalue weighted by Crippen LogP contribution is 2.57. The molecular formula is C31H34O2. The van der Waals surface area contributed by atoms with Crippen LogP contribution in [0.15, 0.2) is 72.8 Å². The van der Waals surface area contributed by atoms with Crippen molar-refractivity contribution < 1.29 is 9.59 Å². The van der Waals surface area contributed by atoms with Crippen LogP contribution in [0.25, 0.3) is 0 Å². The van der Waals surface area contributed by atoms with Gasteiger partial charge in [0.1, 0.15) is 0 Å². The van der Waals surface area contributed by atoms with Crippen molar-refractivity contribution in [3.8, 4) is 0 Å². The van der Waals surface area contributed by atoms with Gasteiger partial charge < -0.3 is 0 Å². The van der Waals surface area contributed by atoms with Crippen molar-refractivity contribution in [2.45, 2.75) is 70.6 Å². The van der Waals surface area contributed by atoms with Gasteiger partial charge in [0.2, 0.25) is 0 Å². The van der Waals surface area contributed by atoms with Gasteiger partial charge in [0.05, 0.1) is 0 Å². The summed E-state index contributed by atoms with van der Waals surface area (Å²) in [6.45, 7) is 12.5. The molecule has 2 unspecified atom stereocenters. The Morgan fingerprint density at radius 1 is 0.727 bits per heavy atom. The van der Waals surface area contributed by atoms with Gasteiger partial charge in [0.15, 0.2) is 11.6 Å². The van der Waals surface area contributed by atoms with Crippen molar-refractivity contribution in [2.75, 3.05) is 0 Å². The summed E-state index contributed by atoms with van der Waals surface area (Å²) < 4.78 is 0. The molecule has 0 spiro atoms. The summed E-state index contributed by atoms with van der Waals surface area (Å²) in [5.74, 6) is 0.212. The number of rotatable bonds is 6. The molecule has 0 saturated carbocycles. The zero-order chi connectivity index (χ0) is 24.0. The van der Waals surface area contributed by atoms with Crippen LogP contribution in [-0.2, 0) is 16.2 Å². The number of benzene rings is 3. The van der Waals surface area contributed by atoms with Gasteiger partial charge in [-0.1, -0.05) is 100 Å². The molecule has 1 aliphatic rings. The van der Waals surface area contributed by atoms with Gasteiger partial charge in [-0.15, -0.1) is 0 Å². The monoisotopic (exact) mass is 438 g/mol. The van der Waals surface area contributed by atoms with E-state index >= 15 is 0 Å². The van der Waals surface area contributed by atoms with E-state index in [1.165, 1.54) is 11.1 Å². The number of ketones is 2. The zero-order valence-corrected chi connectivity index (χ0v) is 20.7. The van der Waals surface area contributed by atoms with E-state index in [4.69, 9.17) is 0 Å². The summed E-state index contributed by atoms with van der Waals surface area (Å²) in [7, 11) is 0. The van der Waals surface area contributed by atoms with Crippen LogP contribution in [0.3, 0.4) is 0 Å². The summed E-state index contributed by atoms with van der Waals surface area (Å²) in [4.78, 5) is 24.9. The van der Waals surface area contributed by atoms with Gasteiger partial charge in [-0.25, -0.2) is 0 Å². The van der Waals surface area contributed by atoms with E-state index in [1.54, 1.807) is 13.8 Å². The van der Waals surface area contributed by atoms with E-state index < -0.39 is 0 Å². The Bertz CT molecular complexity index is 1230. The molecule has 0 radical (unpaired) electrons. The van der Waals surface area contributed by atoms with E-state index in [9.17, 15) is 9.59 Å². The van der Waals surface area contributed by atoms with Crippen LogP contribution in [-0.4, -0.2) is 11.6 Å². The lowest BCUT2D eigenvalue weighted by molar-refractivity contribution is 0.100. The van der Waals surface area contributed by atoms with Crippen molar-refractivity contribution in [3.05, 3.63) is 106 Å². The average molecular weight is 439 g/mol. The molecule has 0 aromatic heterocycles. The second-order valence-electron chi connectivity index (χ2n) is 10.9. The summed E-state index contributed by atoms with van der Waals surface area (Å²) in [6, 6.07) is 24.8. The Kier molecular flexibility index (Phi) is 5.68. The minimum absolute atomic E-state index is 0.105. The maximum absolute atomic E-state index is 12.5. The van der Waals surface area contributed by atoms with Crippen LogP contribution in [0.4, 0.5) is 0 Å². The summed E-state index contributed by atoms with van der Waals surface area (Å²) in [6.07, 6.45) is 1.81. The lowest BCUT2D eigenvalue weighted by atomic mass is 9.65. The SMILES string of the molecule is CC(=O)c1ccccc1C(C)(C)CC1(C)CC(C)(c2ccccc2C(C)=O)c2ccccc21. The van der Waals surface area contributed by atoms with Crippen LogP contribution < -0.4 is 0 Å². The van der Waals surface area contributed by atoms with Crippen molar-refractivity contribution in [3.63, 3.8) is 0 Å². The highest BCUT2D eigenvalue weighted by molar-refractivity contribution is 5.96. The molecule has 2 atom stereocenters. The van der Waals surface area contributed by atoms with Crippen LogP contribution in [0.2, 0.25) is 0 Å². The largest absolute Gasteiger partial charge is 0.295 e. The van der Waals surface area contributed by atoms with Crippen LogP contribution in [0.1, 0.15) is 97.4 Å². The zero-order valence-electron chi connectivity index (χ0n) is 20.7. The van der Waals surface area contributed by atoms with Crippen LogP contribution in [0, 0.1) is 0 Å². The molecule has 4 rings (SSSR count). The molecule has 33 heavy (non-hydrogen) atoms. The Hall–Kier alpha value is -3.00. The van der Waals surface area contributed by atoms with Crippen molar-refractivity contribution >= 4 is 11.6 Å². The van der Waals surface area contributed by atoms with Crippen LogP contribution >= 0.6 is 0 Å². The maximum atomic E-state index is 12.5. The predicted octanol–water partition coefficient (Wildman–Crippen LogP) is 7.43. The average Bonchev–Trinajstić information content (AvgIpc) is 3.01. The Morgan fingerprint density at radius 2 is 1.21 bits per heavy atom. The molecule has 2 nitrogen and oxygen atoms in total. The van der Waals surface area contributed by atoms with Gasteiger partial charge in [-0.2, -0.15) is 0 Å². The minimum atomic E-state index is -0.260. The van der Waals surface area contributed by atoms with E-state index in [-0.39, 0.29) is 27.8 Å². The lowest BCUT2D eigenvalue weighted by Gasteiger charge is -2.38. The fourth-order valence-electron chi connectivity index (χ4n) is 6.58. The Labute approximate surface area is 198 Å². The first-order chi connectivity index (χ1) is 15.5. The smallest absolute Gasteiger partial charge is 0.160 e. The van der Waals surface area contributed by atoms with Crippen molar-refractivity contribution in [2.24, 2.45) is 0 Å². The Morgan fingerprint density at radius 3 is 1.82 bits per heavy atom.